The first-order valence-electron chi connectivity index (χ1n) is 5.32. The highest BCUT2D eigenvalue weighted by Crippen LogP contribution is 2.15. The summed E-state index contributed by atoms with van der Waals surface area (Å²) in [5.41, 5.74) is 7.28. The lowest BCUT2D eigenvalue weighted by Crippen LogP contribution is -2.24. The number of guanidine groups is 1. The van der Waals surface area contributed by atoms with E-state index in [9.17, 15) is 4.39 Å². The highest BCUT2D eigenvalue weighted by Gasteiger charge is 2.01. The molecule has 3 N–H and O–H groups in total. The third-order valence-electron chi connectivity index (χ3n) is 2.09. The van der Waals surface area contributed by atoms with Gasteiger partial charge in [-0.05, 0) is 30.5 Å². The molecule has 0 spiro atoms. The van der Waals surface area contributed by atoms with Crippen LogP contribution >= 0.6 is 0 Å². The van der Waals surface area contributed by atoms with E-state index in [2.05, 4.69) is 24.2 Å². The van der Waals surface area contributed by atoms with Gasteiger partial charge in [0.05, 0.1) is 0 Å². The van der Waals surface area contributed by atoms with Crippen LogP contribution in [0.3, 0.4) is 0 Å². The first-order chi connectivity index (χ1) is 7.49. The van der Waals surface area contributed by atoms with E-state index in [0.29, 0.717) is 24.1 Å². The molecular weight excluding hydrogens is 205 g/mol. The maximum absolute atomic E-state index is 13.0. The summed E-state index contributed by atoms with van der Waals surface area (Å²) in [4.78, 5) is 4.15. The van der Waals surface area contributed by atoms with Crippen molar-refractivity contribution in [2.45, 2.75) is 20.8 Å². The molecule has 1 aromatic rings. The lowest BCUT2D eigenvalue weighted by atomic mass is 10.2. The predicted molar refractivity (Wildman–Crippen MR) is 66.1 cm³/mol. The molecule has 1 aromatic carbocycles. The number of hydrogen-bond acceptors (Lipinski definition) is 1. The van der Waals surface area contributed by atoms with Gasteiger partial charge in [0.1, 0.15) is 5.82 Å². The Labute approximate surface area is 95.6 Å². The van der Waals surface area contributed by atoms with Gasteiger partial charge in [-0.1, -0.05) is 19.9 Å². The first-order valence-corrected chi connectivity index (χ1v) is 5.32. The van der Waals surface area contributed by atoms with E-state index in [0.717, 1.165) is 5.56 Å². The van der Waals surface area contributed by atoms with Crippen molar-refractivity contribution in [3.05, 3.63) is 29.6 Å². The third kappa shape index (κ3) is 3.88. The number of hydrogen-bond donors (Lipinski definition) is 2. The summed E-state index contributed by atoms with van der Waals surface area (Å²) >= 11 is 0. The fraction of sp³-hybridized carbons (Fsp3) is 0.417. The maximum Gasteiger partial charge on any atom is 0.193 e. The van der Waals surface area contributed by atoms with Crippen LogP contribution in [0, 0.1) is 18.7 Å². The van der Waals surface area contributed by atoms with E-state index in [-0.39, 0.29) is 5.82 Å². The van der Waals surface area contributed by atoms with Gasteiger partial charge < -0.3 is 11.1 Å². The van der Waals surface area contributed by atoms with Crippen molar-refractivity contribution in [1.82, 2.24) is 0 Å². The summed E-state index contributed by atoms with van der Waals surface area (Å²) in [6.45, 7) is 6.67. The molecule has 0 atom stereocenters. The van der Waals surface area contributed by atoms with Crippen molar-refractivity contribution < 1.29 is 4.39 Å². The van der Waals surface area contributed by atoms with Gasteiger partial charge >= 0.3 is 0 Å². The van der Waals surface area contributed by atoms with Crippen LogP contribution < -0.4 is 11.1 Å². The fourth-order valence-corrected chi connectivity index (χ4v) is 1.19. The van der Waals surface area contributed by atoms with Crippen molar-refractivity contribution in [2.24, 2.45) is 16.6 Å². The number of rotatable bonds is 3. The Morgan fingerprint density at radius 2 is 2.19 bits per heavy atom. The van der Waals surface area contributed by atoms with E-state index in [1.54, 1.807) is 6.07 Å². The van der Waals surface area contributed by atoms with E-state index >= 15 is 0 Å². The van der Waals surface area contributed by atoms with Crippen LogP contribution in [0.25, 0.3) is 0 Å². The van der Waals surface area contributed by atoms with Crippen molar-refractivity contribution in [2.75, 3.05) is 11.9 Å². The Bertz CT molecular complexity index is 386. The highest BCUT2D eigenvalue weighted by atomic mass is 19.1. The minimum atomic E-state index is -0.287. The molecule has 0 bridgehead atoms. The number of anilines is 1. The van der Waals surface area contributed by atoms with Crippen LogP contribution in [0.15, 0.2) is 23.2 Å². The van der Waals surface area contributed by atoms with Gasteiger partial charge in [0.2, 0.25) is 0 Å². The smallest absolute Gasteiger partial charge is 0.193 e. The predicted octanol–water partition coefficient (Wildman–Crippen LogP) is 2.52. The largest absolute Gasteiger partial charge is 0.370 e. The molecule has 0 aliphatic carbocycles. The molecule has 0 aliphatic heterocycles. The van der Waals surface area contributed by atoms with Crippen LogP contribution in [-0.2, 0) is 0 Å². The number of nitrogens with one attached hydrogen (secondary N) is 1. The van der Waals surface area contributed by atoms with Gasteiger partial charge in [0.25, 0.3) is 0 Å². The Morgan fingerprint density at radius 1 is 1.50 bits per heavy atom. The molecule has 88 valence electrons. The summed E-state index contributed by atoms with van der Waals surface area (Å²) in [5, 5.41) is 2.89. The molecular formula is C12H18FN3. The number of nitrogens with two attached hydrogens (primary N) is 1. The van der Waals surface area contributed by atoms with Gasteiger partial charge in [0, 0.05) is 12.2 Å². The molecule has 0 radical (unpaired) electrons. The van der Waals surface area contributed by atoms with Crippen LogP contribution in [0.5, 0.6) is 0 Å². The van der Waals surface area contributed by atoms with Crippen molar-refractivity contribution in [3.8, 4) is 0 Å². The van der Waals surface area contributed by atoms with Gasteiger partial charge in [-0.2, -0.15) is 0 Å². The van der Waals surface area contributed by atoms with E-state index < -0.39 is 0 Å². The second-order valence-corrected chi connectivity index (χ2v) is 4.20. The topological polar surface area (TPSA) is 50.4 Å². The van der Waals surface area contributed by atoms with Crippen LogP contribution in [0.2, 0.25) is 0 Å². The minimum absolute atomic E-state index is 0.287. The van der Waals surface area contributed by atoms with Gasteiger partial charge in [-0.3, -0.25) is 4.99 Å². The van der Waals surface area contributed by atoms with Crippen molar-refractivity contribution in [1.29, 1.82) is 0 Å². The molecule has 0 heterocycles. The molecule has 0 fully saturated rings. The molecule has 16 heavy (non-hydrogen) atoms. The summed E-state index contributed by atoms with van der Waals surface area (Å²) in [6, 6.07) is 4.53. The summed E-state index contributed by atoms with van der Waals surface area (Å²) in [6.07, 6.45) is 0. The number of aryl methyl sites for hydroxylation is 1. The zero-order valence-corrected chi connectivity index (χ0v) is 9.92. The maximum atomic E-state index is 13.0. The Morgan fingerprint density at radius 3 is 2.81 bits per heavy atom. The first kappa shape index (κ1) is 12.5. The minimum Gasteiger partial charge on any atom is -0.370 e. The molecule has 0 saturated carbocycles. The quantitative estimate of drug-likeness (QED) is 0.611. The summed E-state index contributed by atoms with van der Waals surface area (Å²) in [5.74, 6) is 0.487. The molecule has 0 amide bonds. The van der Waals surface area contributed by atoms with Gasteiger partial charge in [-0.25, -0.2) is 4.39 Å². The van der Waals surface area contributed by atoms with Crippen molar-refractivity contribution in [3.63, 3.8) is 0 Å². The van der Waals surface area contributed by atoms with Crippen LogP contribution in [0.4, 0.5) is 10.1 Å². The SMILES string of the molecule is Cc1ccc(F)cc1NC(N)=NCC(C)C. The van der Waals surface area contributed by atoms with E-state index in [1.807, 2.05) is 6.92 Å². The second-order valence-electron chi connectivity index (χ2n) is 4.20. The molecule has 1 rings (SSSR count). The van der Waals surface area contributed by atoms with Gasteiger partial charge in [-0.15, -0.1) is 0 Å². The van der Waals surface area contributed by atoms with Gasteiger partial charge in [0.15, 0.2) is 5.96 Å². The molecule has 3 nitrogen and oxygen atoms in total. The summed E-state index contributed by atoms with van der Waals surface area (Å²) < 4.78 is 13.0. The third-order valence-corrected chi connectivity index (χ3v) is 2.09. The number of nitrogens with zero attached hydrogens (tertiary/aromatic N) is 1. The van der Waals surface area contributed by atoms with E-state index in [4.69, 9.17) is 5.73 Å². The second kappa shape index (κ2) is 5.49. The fourth-order valence-electron chi connectivity index (χ4n) is 1.19. The van der Waals surface area contributed by atoms with Crippen LogP contribution in [0.1, 0.15) is 19.4 Å². The lowest BCUT2D eigenvalue weighted by molar-refractivity contribution is 0.628. The average molecular weight is 223 g/mol. The standard InChI is InChI=1S/C12H18FN3/c1-8(2)7-15-12(14)16-11-6-10(13)5-4-9(11)3/h4-6,8H,7H2,1-3H3,(H3,14,15,16). The Hall–Kier alpha value is -1.58. The number of benzene rings is 1. The highest BCUT2D eigenvalue weighted by molar-refractivity contribution is 5.92. The molecule has 0 saturated heterocycles. The number of aliphatic imine (C=N–C) groups is 1. The molecule has 0 unspecified atom stereocenters. The van der Waals surface area contributed by atoms with E-state index in [1.165, 1.54) is 12.1 Å². The van der Waals surface area contributed by atoms with Crippen molar-refractivity contribution >= 4 is 11.6 Å². The molecule has 4 heteroatoms. The normalized spacial score (nSPS) is 11.9. The lowest BCUT2D eigenvalue weighted by Gasteiger charge is -2.09. The zero-order chi connectivity index (χ0) is 12.1. The molecule has 0 aliphatic rings. The Balaban J connectivity index is 2.72. The number of halogens is 1. The average Bonchev–Trinajstić information content (AvgIpc) is 2.20. The molecule has 0 aromatic heterocycles. The zero-order valence-electron chi connectivity index (χ0n) is 9.92. The summed E-state index contributed by atoms with van der Waals surface area (Å²) in [7, 11) is 0. The monoisotopic (exact) mass is 223 g/mol. The van der Waals surface area contributed by atoms with Crippen LogP contribution in [-0.4, -0.2) is 12.5 Å². The Kier molecular flexibility index (Phi) is 4.28.